The van der Waals surface area contributed by atoms with Gasteiger partial charge in [-0.05, 0) is 44.8 Å². The van der Waals surface area contributed by atoms with Crippen molar-refractivity contribution in [2.45, 2.75) is 52.4 Å². The number of thioether (sulfide) groups is 1. The van der Waals surface area contributed by atoms with Gasteiger partial charge in [0.25, 0.3) is 0 Å². The van der Waals surface area contributed by atoms with Crippen molar-refractivity contribution >= 4 is 30.1 Å². The molecule has 1 saturated heterocycles. The molecule has 26 heavy (non-hydrogen) atoms. The number of rotatable bonds is 6. The van der Waals surface area contributed by atoms with Crippen LogP contribution in [0.25, 0.3) is 6.08 Å². The lowest BCUT2D eigenvalue weighted by Crippen LogP contribution is -2.41. The van der Waals surface area contributed by atoms with Gasteiger partial charge in [-0.15, -0.1) is 0 Å². The second-order valence-corrected chi connectivity index (χ2v) is 8.47. The molecule has 1 heterocycles. The van der Waals surface area contributed by atoms with Crippen LogP contribution in [0.15, 0.2) is 23.7 Å². The van der Waals surface area contributed by atoms with E-state index >= 15 is 0 Å². The van der Waals surface area contributed by atoms with Crippen LogP contribution in [-0.4, -0.2) is 41.4 Å². The van der Waals surface area contributed by atoms with E-state index in [1.807, 2.05) is 52.0 Å². The van der Waals surface area contributed by atoms with Gasteiger partial charge in [-0.2, -0.15) is 0 Å². The molecule has 0 atom stereocenters. The van der Waals surface area contributed by atoms with Crippen molar-refractivity contribution in [3.63, 3.8) is 0 Å². The Bertz CT molecular complexity index is 683. The fourth-order valence-corrected chi connectivity index (χ4v) is 3.14. The Balaban J connectivity index is 2.36. The van der Waals surface area contributed by atoms with Crippen molar-refractivity contribution in [3.8, 4) is 5.75 Å². The van der Waals surface area contributed by atoms with Gasteiger partial charge in [-0.1, -0.05) is 30.0 Å². The molecule has 0 amide bonds. The Morgan fingerprint density at radius 3 is 2.38 bits per heavy atom. The zero-order valence-corrected chi connectivity index (χ0v) is 17.1. The number of methoxy groups -OCH3 is 1. The summed E-state index contributed by atoms with van der Waals surface area (Å²) in [4.78, 5) is 11.5. The number of hydrogen-bond donors (Lipinski definition) is 1. The zero-order chi connectivity index (χ0) is 19.5. The summed E-state index contributed by atoms with van der Waals surface area (Å²) in [6.07, 6.45) is 1.96. The molecule has 0 saturated carbocycles. The van der Waals surface area contributed by atoms with Crippen LogP contribution in [0, 0.1) is 0 Å². The molecule has 7 heteroatoms. The van der Waals surface area contributed by atoms with E-state index in [1.54, 1.807) is 14.0 Å². The van der Waals surface area contributed by atoms with Crippen molar-refractivity contribution in [3.05, 3.63) is 34.8 Å². The standard InChI is InChI=1S/C19H27BO5S/c1-13(22)26-12-16(20-24-18(2,3)19(4,5)25-20)9-14-7-8-15(11-21)17(10-14)23-6/h7-10,21H,11-12H2,1-6H3. The number of hydrogen-bond acceptors (Lipinski definition) is 6. The van der Waals surface area contributed by atoms with Gasteiger partial charge in [0.2, 0.25) is 0 Å². The number of aliphatic hydroxyl groups excluding tert-OH is 1. The monoisotopic (exact) mass is 378 g/mol. The molecule has 1 aliphatic heterocycles. The van der Waals surface area contributed by atoms with Crippen molar-refractivity contribution in [2.75, 3.05) is 12.9 Å². The minimum absolute atomic E-state index is 0.0422. The van der Waals surface area contributed by atoms with Gasteiger partial charge in [0.1, 0.15) is 5.75 Å². The fraction of sp³-hybridized carbons (Fsp3) is 0.526. The van der Waals surface area contributed by atoms with Crippen LogP contribution >= 0.6 is 11.8 Å². The molecule has 5 nitrogen and oxygen atoms in total. The molecule has 1 aliphatic rings. The molecule has 0 radical (unpaired) electrons. The summed E-state index contributed by atoms with van der Waals surface area (Å²) >= 11 is 1.22. The molecule has 0 aromatic heterocycles. The van der Waals surface area contributed by atoms with E-state index in [-0.39, 0.29) is 11.7 Å². The van der Waals surface area contributed by atoms with Crippen molar-refractivity contribution in [1.82, 2.24) is 0 Å². The minimum atomic E-state index is -0.518. The SMILES string of the molecule is COc1cc(C=C(CSC(C)=O)B2OC(C)(C)C(C)(C)O2)ccc1CO. The van der Waals surface area contributed by atoms with E-state index in [4.69, 9.17) is 14.0 Å². The largest absolute Gasteiger partial charge is 0.496 e. The Kier molecular flexibility index (Phi) is 6.61. The number of carbonyl (C=O) groups is 1. The highest BCUT2D eigenvalue weighted by atomic mass is 32.2. The van der Waals surface area contributed by atoms with Crippen LogP contribution in [0.2, 0.25) is 0 Å². The van der Waals surface area contributed by atoms with Crippen LogP contribution in [0.3, 0.4) is 0 Å². The molecule has 0 unspecified atom stereocenters. The summed E-state index contributed by atoms with van der Waals surface area (Å²) in [5.41, 5.74) is 1.60. The molecule has 1 fully saturated rings. The van der Waals surface area contributed by atoms with Crippen molar-refractivity contribution in [1.29, 1.82) is 0 Å². The van der Waals surface area contributed by atoms with Crippen LogP contribution < -0.4 is 4.74 Å². The maximum atomic E-state index is 11.5. The molecule has 1 aromatic carbocycles. The normalized spacial score (nSPS) is 18.9. The van der Waals surface area contributed by atoms with Crippen LogP contribution in [-0.2, 0) is 20.7 Å². The molecule has 1 N–H and O–H groups in total. The summed E-state index contributed by atoms with van der Waals surface area (Å²) in [7, 11) is 1.05. The highest BCUT2D eigenvalue weighted by Crippen LogP contribution is 2.39. The molecule has 2 rings (SSSR count). The van der Waals surface area contributed by atoms with Gasteiger partial charge >= 0.3 is 7.12 Å². The average Bonchev–Trinajstić information content (AvgIpc) is 2.78. The van der Waals surface area contributed by atoms with Gasteiger partial charge in [0, 0.05) is 18.2 Å². The Morgan fingerprint density at radius 1 is 1.27 bits per heavy atom. The van der Waals surface area contributed by atoms with Gasteiger partial charge in [-0.25, -0.2) is 0 Å². The number of benzene rings is 1. The highest BCUT2D eigenvalue weighted by molar-refractivity contribution is 8.13. The zero-order valence-electron chi connectivity index (χ0n) is 16.3. The topological polar surface area (TPSA) is 65.0 Å². The predicted molar refractivity (Wildman–Crippen MR) is 106 cm³/mol. The number of ether oxygens (including phenoxy) is 1. The van der Waals surface area contributed by atoms with Crippen LogP contribution in [0.1, 0.15) is 45.7 Å². The van der Waals surface area contributed by atoms with E-state index in [2.05, 4.69) is 0 Å². The number of aliphatic hydroxyl groups is 1. The minimum Gasteiger partial charge on any atom is -0.496 e. The lowest BCUT2D eigenvalue weighted by Gasteiger charge is -2.32. The van der Waals surface area contributed by atoms with E-state index in [0.717, 1.165) is 16.6 Å². The Hall–Kier alpha value is -1.28. The van der Waals surface area contributed by atoms with E-state index in [9.17, 15) is 9.90 Å². The molecule has 0 spiro atoms. The summed E-state index contributed by atoms with van der Waals surface area (Å²) in [5, 5.41) is 9.42. The maximum Gasteiger partial charge on any atom is 0.491 e. The summed E-state index contributed by atoms with van der Waals surface area (Å²) in [5.74, 6) is 1.10. The summed E-state index contributed by atoms with van der Waals surface area (Å²) in [6, 6.07) is 5.58. The first kappa shape index (κ1) is 21.0. The first-order chi connectivity index (χ1) is 12.1. The average molecular weight is 378 g/mol. The smallest absolute Gasteiger partial charge is 0.491 e. The molecule has 0 aliphatic carbocycles. The summed E-state index contributed by atoms with van der Waals surface area (Å²) in [6.45, 7) is 9.47. The van der Waals surface area contributed by atoms with Crippen LogP contribution in [0.5, 0.6) is 5.75 Å². The van der Waals surface area contributed by atoms with Gasteiger partial charge < -0.3 is 19.2 Å². The second kappa shape index (κ2) is 8.17. The lowest BCUT2D eigenvalue weighted by molar-refractivity contribution is -0.109. The van der Waals surface area contributed by atoms with Gasteiger partial charge in [0.05, 0.1) is 24.9 Å². The highest BCUT2D eigenvalue weighted by Gasteiger charge is 2.52. The maximum absolute atomic E-state index is 11.5. The third kappa shape index (κ3) is 4.71. The molecular formula is C19H27BO5S. The summed E-state index contributed by atoms with van der Waals surface area (Å²) < 4.78 is 17.6. The molecule has 142 valence electrons. The van der Waals surface area contributed by atoms with Gasteiger partial charge in [-0.3, -0.25) is 4.79 Å². The second-order valence-electron chi connectivity index (χ2n) is 7.32. The predicted octanol–water partition coefficient (Wildman–Crippen LogP) is 3.48. The third-order valence-electron chi connectivity index (χ3n) is 4.83. The third-order valence-corrected chi connectivity index (χ3v) is 5.72. The molecule has 0 bridgehead atoms. The molecule has 1 aromatic rings. The lowest BCUT2D eigenvalue weighted by atomic mass is 9.78. The number of carbonyl (C=O) groups excluding carboxylic acids is 1. The van der Waals surface area contributed by atoms with E-state index in [1.165, 1.54) is 11.8 Å². The van der Waals surface area contributed by atoms with Crippen molar-refractivity contribution < 1.29 is 23.9 Å². The van der Waals surface area contributed by atoms with Crippen molar-refractivity contribution in [2.24, 2.45) is 0 Å². The first-order valence-electron chi connectivity index (χ1n) is 8.57. The Labute approximate surface area is 160 Å². The quantitative estimate of drug-likeness (QED) is 0.765. The van der Waals surface area contributed by atoms with E-state index in [0.29, 0.717) is 11.5 Å². The van der Waals surface area contributed by atoms with Crippen LogP contribution in [0.4, 0.5) is 0 Å². The fourth-order valence-electron chi connectivity index (χ4n) is 2.55. The first-order valence-corrected chi connectivity index (χ1v) is 9.55. The van der Waals surface area contributed by atoms with Gasteiger partial charge in [0.15, 0.2) is 5.12 Å². The Morgan fingerprint density at radius 2 is 1.88 bits per heavy atom. The molecular weight excluding hydrogens is 351 g/mol. The van der Waals surface area contributed by atoms with E-state index < -0.39 is 18.3 Å².